The largest absolute Gasteiger partial charge is 0.354 e. The van der Waals surface area contributed by atoms with Gasteiger partial charge in [-0.25, -0.2) is 0 Å². The molecular formula is C57H40N2S. The van der Waals surface area contributed by atoms with Crippen molar-refractivity contribution < 1.29 is 0 Å². The van der Waals surface area contributed by atoms with Crippen LogP contribution in [0, 0.1) is 0 Å². The number of thiophene rings is 1. The minimum atomic E-state index is -0.231. The summed E-state index contributed by atoms with van der Waals surface area (Å²) in [6.07, 6.45) is 0. The topological polar surface area (TPSA) is 15.3 Å². The highest BCUT2D eigenvalue weighted by Crippen LogP contribution is 2.53. The minimum absolute atomic E-state index is 0.231. The Morgan fingerprint density at radius 2 is 1.00 bits per heavy atom. The van der Waals surface area contributed by atoms with Gasteiger partial charge in [0.05, 0.1) is 21.8 Å². The van der Waals surface area contributed by atoms with E-state index in [-0.39, 0.29) is 5.41 Å². The first-order chi connectivity index (χ1) is 29.5. The van der Waals surface area contributed by atoms with E-state index in [1.165, 1.54) is 97.2 Å². The van der Waals surface area contributed by atoms with E-state index in [0.717, 1.165) is 17.1 Å². The molecule has 0 fully saturated rings. The Morgan fingerprint density at radius 3 is 1.78 bits per heavy atom. The van der Waals surface area contributed by atoms with Crippen molar-refractivity contribution in [1.82, 2.24) is 0 Å². The average Bonchev–Trinajstić information content (AvgIpc) is 3.69. The molecule has 1 aliphatic heterocycles. The van der Waals surface area contributed by atoms with Gasteiger partial charge < -0.3 is 10.2 Å². The molecule has 0 unspecified atom stereocenters. The third kappa shape index (κ3) is 5.33. The first-order valence-corrected chi connectivity index (χ1v) is 21.6. The van der Waals surface area contributed by atoms with Crippen LogP contribution in [0.15, 0.2) is 200 Å². The van der Waals surface area contributed by atoms with Crippen LogP contribution in [0.4, 0.5) is 28.4 Å². The molecule has 60 heavy (non-hydrogen) atoms. The summed E-state index contributed by atoms with van der Waals surface area (Å²) in [5.74, 6) is 0. The molecule has 10 aromatic carbocycles. The van der Waals surface area contributed by atoms with E-state index in [4.69, 9.17) is 0 Å². The molecular weight excluding hydrogens is 745 g/mol. The number of para-hydroxylation sites is 1. The smallest absolute Gasteiger partial charge is 0.0590 e. The SMILES string of the molecule is CC1(C)c2ccccc2N(c2ccc3c4ccccc4c4ccccc4c3c2)c2ccc(-c3ccc(Nc4cccc5c4sc4ccccc45)c(-c4ccccc4)c3)cc21. The maximum Gasteiger partial charge on any atom is 0.0590 e. The van der Waals surface area contributed by atoms with Gasteiger partial charge in [0.25, 0.3) is 0 Å². The lowest BCUT2D eigenvalue weighted by atomic mass is 9.73. The van der Waals surface area contributed by atoms with Gasteiger partial charge in [-0.15, -0.1) is 11.3 Å². The van der Waals surface area contributed by atoms with Gasteiger partial charge in [0, 0.05) is 37.8 Å². The lowest BCUT2D eigenvalue weighted by molar-refractivity contribution is 0.632. The molecule has 0 atom stereocenters. The average molecular weight is 785 g/mol. The predicted octanol–water partition coefficient (Wildman–Crippen LogP) is 16.7. The molecule has 12 rings (SSSR count). The van der Waals surface area contributed by atoms with Crippen molar-refractivity contribution in [1.29, 1.82) is 0 Å². The van der Waals surface area contributed by atoms with Crippen LogP contribution in [0.3, 0.4) is 0 Å². The third-order valence-corrected chi connectivity index (χ3v) is 14.0. The third-order valence-electron chi connectivity index (χ3n) is 12.8. The number of anilines is 5. The second-order valence-corrected chi connectivity index (χ2v) is 17.6. The highest BCUT2D eigenvalue weighted by molar-refractivity contribution is 7.26. The molecule has 3 heteroatoms. The summed E-state index contributed by atoms with van der Waals surface area (Å²) < 4.78 is 2.58. The fraction of sp³-hybridized carbons (Fsp3) is 0.0526. The molecule has 2 nitrogen and oxygen atoms in total. The Labute approximate surface area is 353 Å². The highest BCUT2D eigenvalue weighted by atomic mass is 32.1. The Balaban J connectivity index is 1.00. The number of nitrogens with one attached hydrogen (secondary N) is 1. The first-order valence-electron chi connectivity index (χ1n) is 20.8. The lowest BCUT2D eigenvalue weighted by Gasteiger charge is -2.42. The molecule has 284 valence electrons. The van der Waals surface area contributed by atoms with Gasteiger partial charge in [-0.2, -0.15) is 0 Å². The van der Waals surface area contributed by atoms with Crippen LogP contribution in [0.25, 0.3) is 74.7 Å². The molecule has 0 bridgehead atoms. The summed E-state index contributed by atoms with van der Waals surface area (Å²) in [6, 6.07) is 73.8. The maximum atomic E-state index is 3.89. The molecule has 1 N–H and O–H groups in total. The Hall–Kier alpha value is -7.20. The van der Waals surface area contributed by atoms with Gasteiger partial charge in [0.15, 0.2) is 0 Å². The van der Waals surface area contributed by atoms with Crippen LogP contribution >= 0.6 is 11.3 Å². The number of hydrogen-bond acceptors (Lipinski definition) is 3. The minimum Gasteiger partial charge on any atom is -0.354 e. The van der Waals surface area contributed by atoms with Crippen molar-refractivity contribution in [3.8, 4) is 22.3 Å². The van der Waals surface area contributed by atoms with Crippen LogP contribution in [0.2, 0.25) is 0 Å². The highest BCUT2D eigenvalue weighted by Gasteiger charge is 2.37. The van der Waals surface area contributed by atoms with E-state index in [1.807, 2.05) is 11.3 Å². The maximum absolute atomic E-state index is 3.89. The van der Waals surface area contributed by atoms with Crippen molar-refractivity contribution in [3.63, 3.8) is 0 Å². The summed E-state index contributed by atoms with van der Waals surface area (Å²) in [5, 5.41) is 14.2. The molecule has 0 saturated carbocycles. The summed E-state index contributed by atoms with van der Waals surface area (Å²) in [5.41, 5.74) is 13.0. The lowest BCUT2D eigenvalue weighted by Crippen LogP contribution is -2.30. The number of nitrogens with zero attached hydrogens (tertiary/aromatic N) is 1. The van der Waals surface area contributed by atoms with Gasteiger partial charge in [-0.1, -0.05) is 159 Å². The molecule has 11 aromatic rings. The molecule has 0 amide bonds. The van der Waals surface area contributed by atoms with Crippen LogP contribution in [-0.4, -0.2) is 0 Å². The molecule has 0 spiro atoms. The normalized spacial score (nSPS) is 13.3. The van der Waals surface area contributed by atoms with Crippen LogP contribution < -0.4 is 10.2 Å². The van der Waals surface area contributed by atoms with Gasteiger partial charge >= 0.3 is 0 Å². The number of benzene rings is 10. The van der Waals surface area contributed by atoms with Crippen LogP contribution in [-0.2, 0) is 5.41 Å². The van der Waals surface area contributed by atoms with E-state index >= 15 is 0 Å². The van der Waals surface area contributed by atoms with Crippen LogP contribution in [0.1, 0.15) is 25.0 Å². The van der Waals surface area contributed by atoms with Crippen LogP contribution in [0.5, 0.6) is 0 Å². The molecule has 0 aliphatic carbocycles. The Kier molecular flexibility index (Phi) is 7.79. The van der Waals surface area contributed by atoms with Crippen molar-refractivity contribution >= 4 is 92.3 Å². The Bertz CT molecular complexity index is 3470. The molecule has 0 saturated heterocycles. The Morgan fingerprint density at radius 1 is 0.400 bits per heavy atom. The monoisotopic (exact) mass is 784 g/mol. The van der Waals surface area contributed by atoms with Gasteiger partial charge in [0.1, 0.15) is 0 Å². The predicted molar refractivity (Wildman–Crippen MR) is 259 cm³/mol. The van der Waals surface area contributed by atoms with Crippen molar-refractivity contribution in [2.75, 3.05) is 10.2 Å². The molecule has 0 radical (unpaired) electrons. The quantitative estimate of drug-likeness (QED) is 0.175. The molecule has 1 aromatic heterocycles. The summed E-state index contributed by atoms with van der Waals surface area (Å²) >= 11 is 1.85. The zero-order valence-corrected chi connectivity index (χ0v) is 34.2. The van der Waals surface area contributed by atoms with E-state index in [0.29, 0.717) is 0 Å². The van der Waals surface area contributed by atoms with E-state index in [1.54, 1.807) is 0 Å². The summed E-state index contributed by atoms with van der Waals surface area (Å²) in [6.45, 7) is 4.76. The van der Waals surface area contributed by atoms with Gasteiger partial charge in [0.2, 0.25) is 0 Å². The molecule has 1 aliphatic rings. The summed E-state index contributed by atoms with van der Waals surface area (Å²) in [7, 11) is 0. The second-order valence-electron chi connectivity index (χ2n) is 16.6. The van der Waals surface area contributed by atoms with Crippen molar-refractivity contribution in [3.05, 3.63) is 211 Å². The number of hydrogen-bond donors (Lipinski definition) is 1. The van der Waals surface area contributed by atoms with E-state index in [9.17, 15) is 0 Å². The zero-order chi connectivity index (χ0) is 40.0. The first kappa shape index (κ1) is 34.8. The number of fused-ring (bicyclic) bond motifs is 11. The standard InChI is InChI=1S/C57H40N2S/c1-57(2)49-23-11-12-25-53(49)59(39-29-30-44-42-19-7-6-17-40(42)41-18-8-9-20-43(41)48(44)35-39)54-32-28-38(34-50(54)57)37-27-31-51(47(33-37)36-15-4-3-5-16-36)58-52-24-14-22-46-45-21-10-13-26-55(45)60-56(46)52/h3-35,58H,1-2H3. The number of rotatable bonds is 5. The summed E-state index contributed by atoms with van der Waals surface area (Å²) in [4.78, 5) is 2.49. The van der Waals surface area contributed by atoms with Gasteiger partial charge in [-0.3, -0.25) is 0 Å². The zero-order valence-electron chi connectivity index (χ0n) is 33.4. The van der Waals surface area contributed by atoms with Crippen molar-refractivity contribution in [2.24, 2.45) is 0 Å². The van der Waals surface area contributed by atoms with E-state index < -0.39 is 0 Å². The second kappa shape index (κ2) is 13.4. The van der Waals surface area contributed by atoms with E-state index in [2.05, 4.69) is 224 Å². The fourth-order valence-corrected chi connectivity index (χ4v) is 11.0. The fourth-order valence-electron chi connectivity index (χ4n) is 9.88. The van der Waals surface area contributed by atoms with Gasteiger partial charge in [-0.05, 0) is 115 Å². The van der Waals surface area contributed by atoms with Crippen molar-refractivity contribution in [2.45, 2.75) is 19.3 Å². The molecule has 2 heterocycles.